The summed E-state index contributed by atoms with van der Waals surface area (Å²) in [7, 11) is 0. The maximum atomic E-state index is 12.0. The molecule has 0 aliphatic heterocycles. The predicted molar refractivity (Wildman–Crippen MR) is 104 cm³/mol. The van der Waals surface area contributed by atoms with Gasteiger partial charge in [0.1, 0.15) is 0 Å². The van der Waals surface area contributed by atoms with Crippen molar-refractivity contribution in [3.05, 3.63) is 64.7 Å². The number of anilines is 1. The predicted octanol–water partition coefficient (Wildman–Crippen LogP) is 4.93. The molecule has 0 saturated heterocycles. The van der Waals surface area contributed by atoms with Crippen LogP contribution in [0.15, 0.2) is 48.5 Å². The minimum absolute atomic E-state index is 0.132. The van der Waals surface area contributed by atoms with Crippen molar-refractivity contribution < 1.29 is 14.3 Å². The van der Waals surface area contributed by atoms with Gasteiger partial charge in [0.25, 0.3) is 0 Å². The van der Waals surface area contributed by atoms with Gasteiger partial charge in [-0.3, -0.25) is 9.59 Å². The zero-order valence-electron chi connectivity index (χ0n) is 15.0. The maximum Gasteiger partial charge on any atom is 0.305 e. The second kappa shape index (κ2) is 10.6. The summed E-state index contributed by atoms with van der Waals surface area (Å²) in [5.41, 5.74) is 2.77. The van der Waals surface area contributed by atoms with Gasteiger partial charge in [-0.15, -0.1) is 0 Å². The first kappa shape index (κ1) is 20.0. The van der Waals surface area contributed by atoms with Gasteiger partial charge in [-0.25, -0.2) is 0 Å². The molecule has 0 aromatic heterocycles. The fraction of sp³-hybridized carbons (Fsp3) is 0.333. The van der Waals surface area contributed by atoms with E-state index in [9.17, 15) is 9.59 Å². The molecule has 0 spiro atoms. The van der Waals surface area contributed by atoms with Gasteiger partial charge < -0.3 is 10.1 Å². The first-order valence-corrected chi connectivity index (χ1v) is 9.18. The third-order valence-corrected chi connectivity index (χ3v) is 4.45. The highest BCUT2D eigenvalue weighted by Gasteiger charge is 2.09. The van der Waals surface area contributed by atoms with Crippen LogP contribution in [0.4, 0.5) is 5.69 Å². The molecule has 26 heavy (non-hydrogen) atoms. The van der Waals surface area contributed by atoms with E-state index in [-0.39, 0.29) is 24.7 Å². The molecule has 2 aromatic carbocycles. The van der Waals surface area contributed by atoms with Crippen LogP contribution in [-0.4, -0.2) is 18.5 Å². The summed E-state index contributed by atoms with van der Waals surface area (Å²) in [6.45, 7) is 2.26. The molecule has 0 atom stereocenters. The standard InChI is InChI=1S/C21H24ClNO3/c1-16-18(22)11-5-12-19(16)23-20(24)13-6-14-21(25)26-15-7-10-17-8-3-2-4-9-17/h2-5,8-9,11-12H,6-7,10,13-15H2,1H3,(H,23,24). The van der Waals surface area contributed by atoms with Crippen molar-refractivity contribution in [2.45, 2.75) is 39.0 Å². The van der Waals surface area contributed by atoms with Crippen molar-refractivity contribution in [3.8, 4) is 0 Å². The summed E-state index contributed by atoms with van der Waals surface area (Å²) in [5, 5.41) is 3.43. The van der Waals surface area contributed by atoms with Crippen LogP contribution in [-0.2, 0) is 20.7 Å². The number of carbonyl (C=O) groups is 2. The van der Waals surface area contributed by atoms with Crippen molar-refractivity contribution in [1.29, 1.82) is 0 Å². The molecule has 1 amide bonds. The monoisotopic (exact) mass is 373 g/mol. The van der Waals surface area contributed by atoms with Gasteiger partial charge >= 0.3 is 5.97 Å². The molecule has 0 bridgehead atoms. The highest BCUT2D eigenvalue weighted by Crippen LogP contribution is 2.23. The van der Waals surface area contributed by atoms with Gasteiger partial charge in [0.15, 0.2) is 0 Å². The molecule has 0 saturated carbocycles. The molecule has 138 valence electrons. The zero-order chi connectivity index (χ0) is 18.8. The number of nitrogens with one attached hydrogen (secondary N) is 1. The van der Waals surface area contributed by atoms with E-state index in [2.05, 4.69) is 17.4 Å². The van der Waals surface area contributed by atoms with Crippen molar-refractivity contribution in [2.75, 3.05) is 11.9 Å². The molecular weight excluding hydrogens is 350 g/mol. The van der Waals surface area contributed by atoms with E-state index in [1.807, 2.05) is 25.1 Å². The largest absolute Gasteiger partial charge is 0.466 e. The molecule has 0 heterocycles. The van der Waals surface area contributed by atoms with Crippen molar-refractivity contribution in [1.82, 2.24) is 0 Å². The third kappa shape index (κ3) is 6.89. The first-order chi connectivity index (χ1) is 12.6. The number of ether oxygens (including phenoxy) is 1. The van der Waals surface area contributed by atoms with Crippen molar-refractivity contribution in [3.63, 3.8) is 0 Å². The van der Waals surface area contributed by atoms with Crippen molar-refractivity contribution >= 4 is 29.2 Å². The lowest BCUT2D eigenvalue weighted by atomic mass is 10.1. The first-order valence-electron chi connectivity index (χ1n) is 8.81. The van der Waals surface area contributed by atoms with E-state index in [1.54, 1.807) is 18.2 Å². The topological polar surface area (TPSA) is 55.4 Å². The molecule has 0 unspecified atom stereocenters. The molecule has 1 N–H and O–H groups in total. The number of rotatable bonds is 9. The lowest BCUT2D eigenvalue weighted by Crippen LogP contribution is -2.13. The molecule has 0 aliphatic carbocycles. The Balaban J connectivity index is 1.59. The minimum atomic E-state index is -0.259. The molecular formula is C21H24ClNO3. The van der Waals surface area contributed by atoms with Gasteiger partial charge in [0, 0.05) is 23.6 Å². The van der Waals surface area contributed by atoms with Gasteiger partial charge in [-0.1, -0.05) is 48.0 Å². The smallest absolute Gasteiger partial charge is 0.305 e. The number of hydrogen-bond acceptors (Lipinski definition) is 3. The maximum absolute atomic E-state index is 12.0. The molecule has 2 aromatic rings. The van der Waals surface area contributed by atoms with Crippen LogP contribution in [0.5, 0.6) is 0 Å². The molecule has 0 fully saturated rings. The van der Waals surface area contributed by atoms with E-state index in [0.29, 0.717) is 23.7 Å². The number of amides is 1. The Morgan fingerprint density at radius 1 is 1.00 bits per heavy atom. The number of esters is 1. The average molecular weight is 374 g/mol. The molecule has 0 aliphatic rings. The number of carbonyl (C=O) groups excluding carboxylic acids is 2. The Bertz CT molecular complexity index is 731. The molecule has 2 rings (SSSR count). The van der Waals surface area contributed by atoms with E-state index in [4.69, 9.17) is 16.3 Å². The Labute approximate surface area is 159 Å². The lowest BCUT2D eigenvalue weighted by Gasteiger charge is -2.09. The second-order valence-electron chi connectivity index (χ2n) is 6.12. The zero-order valence-corrected chi connectivity index (χ0v) is 15.7. The van der Waals surface area contributed by atoms with E-state index < -0.39 is 0 Å². The van der Waals surface area contributed by atoms with Crippen LogP contribution in [0.1, 0.15) is 36.8 Å². The van der Waals surface area contributed by atoms with Crippen LogP contribution in [0, 0.1) is 6.92 Å². The van der Waals surface area contributed by atoms with E-state index in [1.165, 1.54) is 5.56 Å². The summed E-state index contributed by atoms with van der Waals surface area (Å²) in [6.07, 6.45) is 2.65. The number of aryl methyl sites for hydroxylation is 1. The fourth-order valence-electron chi connectivity index (χ4n) is 2.53. The minimum Gasteiger partial charge on any atom is -0.466 e. The van der Waals surface area contributed by atoms with E-state index >= 15 is 0 Å². The number of benzene rings is 2. The molecule has 4 nitrogen and oxygen atoms in total. The Hall–Kier alpha value is -2.33. The highest BCUT2D eigenvalue weighted by atomic mass is 35.5. The number of halogens is 1. The summed E-state index contributed by atoms with van der Waals surface area (Å²) < 4.78 is 5.21. The van der Waals surface area contributed by atoms with Crippen LogP contribution in [0.25, 0.3) is 0 Å². The van der Waals surface area contributed by atoms with E-state index in [0.717, 1.165) is 18.4 Å². The Morgan fingerprint density at radius 2 is 1.77 bits per heavy atom. The quantitative estimate of drug-likeness (QED) is 0.500. The van der Waals surface area contributed by atoms with Gasteiger partial charge in [0.2, 0.25) is 5.91 Å². The average Bonchev–Trinajstić information content (AvgIpc) is 2.63. The molecule has 5 heteroatoms. The lowest BCUT2D eigenvalue weighted by molar-refractivity contribution is -0.143. The van der Waals surface area contributed by atoms with Crippen LogP contribution in [0.3, 0.4) is 0 Å². The highest BCUT2D eigenvalue weighted by molar-refractivity contribution is 6.31. The van der Waals surface area contributed by atoms with Crippen LogP contribution >= 0.6 is 11.6 Å². The van der Waals surface area contributed by atoms with Crippen LogP contribution < -0.4 is 5.32 Å². The Kier molecular flexibility index (Phi) is 8.16. The van der Waals surface area contributed by atoms with Gasteiger partial charge in [-0.2, -0.15) is 0 Å². The fourth-order valence-corrected chi connectivity index (χ4v) is 2.70. The summed E-state index contributed by atoms with van der Waals surface area (Å²) in [5.74, 6) is -0.392. The van der Waals surface area contributed by atoms with Gasteiger partial charge in [0.05, 0.1) is 6.61 Å². The Morgan fingerprint density at radius 3 is 2.54 bits per heavy atom. The summed E-state index contributed by atoms with van der Waals surface area (Å²) in [6, 6.07) is 15.5. The normalized spacial score (nSPS) is 10.4. The van der Waals surface area contributed by atoms with Crippen LogP contribution in [0.2, 0.25) is 5.02 Å². The summed E-state index contributed by atoms with van der Waals surface area (Å²) >= 11 is 6.03. The summed E-state index contributed by atoms with van der Waals surface area (Å²) in [4.78, 5) is 23.7. The number of hydrogen-bond donors (Lipinski definition) is 1. The third-order valence-electron chi connectivity index (χ3n) is 4.04. The second-order valence-corrected chi connectivity index (χ2v) is 6.53. The SMILES string of the molecule is Cc1c(Cl)cccc1NC(=O)CCCC(=O)OCCCc1ccccc1. The molecule has 0 radical (unpaired) electrons. The van der Waals surface area contributed by atoms with Gasteiger partial charge in [-0.05, 0) is 49.4 Å². The van der Waals surface area contributed by atoms with Crippen molar-refractivity contribution in [2.24, 2.45) is 0 Å².